The van der Waals surface area contributed by atoms with Crippen molar-refractivity contribution in [3.63, 3.8) is 0 Å². The fourth-order valence-electron chi connectivity index (χ4n) is 2.95. The third kappa shape index (κ3) is 6.98. The highest BCUT2D eigenvalue weighted by atomic mass is 35.5. The fraction of sp³-hybridized carbons (Fsp3) is 0.250. The van der Waals surface area contributed by atoms with Crippen molar-refractivity contribution in [2.75, 3.05) is 18.5 Å². The Hall–Kier alpha value is -3.09. The number of carbonyl (C=O) groups is 1. The van der Waals surface area contributed by atoms with E-state index in [1.807, 2.05) is 62.4 Å². The van der Waals surface area contributed by atoms with Crippen LogP contribution in [0.2, 0.25) is 5.02 Å². The maximum Gasteiger partial charge on any atom is 0.262 e. The first-order valence-corrected chi connectivity index (χ1v) is 10.5. The summed E-state index contributed by atoms with van der Waals surface area (Å²) in [5.41, 5.74) is 3.94. The minimum absolute atomic E-state index is 0.173. The molecule has 0 saturated heterocycles. The normalized spacial score (nSPS) is 10.5. The van der Waals surface area contributed by atoms with E-state index in [0.717, 1.165) is 16.7 Å². The molecule has 0 bridgehead atoms. The van der Waals surface area contributed by atoms with Crippen LogP contribution in [0.3, 0.4) is 0 Å². The van der Waals surface area contributed by atoms with Crippen LogP contribution in [0.15, 0.2) is 60.9 Å². The van der Waals surface area contributed by atoms with E-state index < -0.39 is 0 Å². The van der Waals surface area contributed by atoms with Crippen molar-refractivity contribution >= 4 is 23.2 Å². The van der Waals surface area contributed by atoms with Crippen LogP contribution in [0.1, 0.15) is 23.6 Å². The van der Waals surface area contributed by atoms with Gasteiger partial charge in [-0.25, -0.2) is 0 Å². The van der Waals surface area contributed by atoms with E-state index in [2.05, 4.69) is 15.6 Å². The number of rotatable bonds is 10. The van der Waals surface area contributed by atoms with E-state index in [9.17, 15) is 4.79 Å². The number of hydrogen-bond donors (Lipinski definition) is 2. The predicted octanol–water partition coefficient (Wildman–Crippen LogP) is 4.75. The van der Waals surface area contributed by atoms with Gasteiger partial charge in [0.05, 0.1) is 11.6 Å². The zero-order valence-corrected chi connectivity index (χ0v) is 18.4. The zero-order chi connectivity index (χ0) is 22.1. The molecule has 2 aromatic carbocycles. The highest BCUT2D eigenvalue weighted by molar-refractivity contribution is 6.32. The number of nitrogens with one attached hydrogen (secondary N) is 2. The van der Waals surface area contributed by atoms with E-state index in [4.69, 9.17) is 21.1 Å². The quantitative estimate of drug-likeness (QED) is 0.477. The molecule has 162 valence electrons. The summed E-state index contributed by atoms with van der Waals surface area (Å²) in [5, 5.41) is 6.57. The Morgan fingerprint density at radius 2 is 1.71 bits per heavy atom. The minimum Gasteiger partial charge on any atom is -0.490 e. The van der Waals surface area contributed by atoms with Crippen LogP contribution in [-0.2, 0) is 17.9 Å². The van der Waals surface area contributed by atoms with Gasteiger partial charge >= 0.3 is 0 Å². The number of anilines is 1. The Labute approximate surface area is 187 Å². The second kappa shape index (κ2) is 11.3. The van der Waals surface area contributed by atoms with Crippen LogP contribution in [0.4, 0.5) is 5.69 Å². The van der Waals surface area contributed by atoms with Gasteiger partial charge in [0.25, 0.3) is 5.91 Å². The lowest BCUT2D eigenvalue weighted by Gasteiger charge is -2.15. The molecule has 6 nitrogen and oxygen atoms in total. The van der Waals surface area contributed by atoms with Crippen LogP contribution in [0.25, 0.3) is 0 Å². The summed E-state index contributed by atoms with van der Waals surface area (Å²) >= 11 is 6.45. The van der Waals surface area contributed by atoms with E-state index in [0.29, 0.717) is 41.9 Å². The molecular formula is C24H26ClN3O3. The molecule has 31 heavy (non-hydrogen) atoms. The van der Waals surface area contributed by atoms with E-state index >= 15 is 0 Å². The van der Waals surface area contributed by atoms with Crippen molar-refractivity contribution in [1.29, 1.82) is 0 Å². The maximum atomic E-state index is 12.3. The Bertz CT molecular complexity index is 995. The van der Waals surface area contributed by atoms with Gasteiger partial charge in [-0.2, -0.15) is 0 Å². The third-order valence-electron chi connectivity index (χ3n) is 4.46. The summed E-state index contributed by atoms with van der Waals surface area (Å²) in [6.45, 7) is 5.47. The number of halogens is 1. The number of nitrogens with zero attached hydrogens (tertiary/aromatic N) is 1. The summed E-state index contributed by atoms with van der Waals surface area (Å²) in [6, 6.07) is 15.2. The number of aromatic nitrogens is 1. The molecule has 2 N–H and O–H groups in total. The van der Waals surface area contributed by atoms with Gasteiger partial charge in [0.2, 0.25) is 0 Å². The van der Waals surface area contributed by atoms with E-state index in [1.165, 1.54) is 0 Å². The van der Waals surface area contributed by atoms with Crippen LogP contribution in [0, 0.1) is 6.92 Å². The number of benzene rings is 2. The van der Waals surface area contributed by atoms with Gasteiger partial charge in [-0.05, 0) is 61.4 Å². The lowest BCUT2D eigenvalue weighted by atomic mass is 10.2. The summed E-state index contributed by atoms with van der Waals surface area (Å²) in [5.74, 6) is 0.602. The molecule has 7 heteroatoms. The molecule has 0 aliphatic carbocycles. The van der Waals surface area contributed by atoms with Crippen molar-refractivity contribution in [3.05, 3.63) is 82.6 Å². The number of carbonyl (C=O) groups excluding carboxylic acids is 1. The first-order chi connectivity index (χ1) is 15.0. The first-order valence-electron chi connectivity index (χ1n) is 10.1. The highest BCUT2D eigenvalue weighted by Crippen LogP contribution is 2.36. The lowest BCUT2D eigenvalue weighted by molar-refractivity contribution is -0.118. The molecule has 0 saturated carbocycles. The predicted molar refractivity (Wildman–Crippen MR) is 123 cm³/mol. The topological polar surface area (TPSA) is 72.5 Å². The van der Waals surface area contributed by atoms with Crippen molar-refractivity contribution in [2.45, 2.75) is 26.9 Å². The summed E-state index contributed by atoms with van der Waals surface area (Å²) < 4.78 is 11.4. The standard InChI is InChI=1S/C24H26ClN3O3/c1-3-30-22-13-19(15-27-14-18-8-10-26-11-9-18)12-21(25)24(22)31-16-23(29)28-20-6-4-17(2)5-7-20/h4-13,27H,3,14-16H2,1-2H3,(H,28,29). The molecule has 0 radical (unpaired) electrons. The largest absolute Gasteiger partial charge is 0.490 e. The van der Waals surface area contributed by atoms with Crippen LogP contribution < -0.4 is 20.1 Å². The molecule has 1 amide bonds. The molecule has 3 rings (SSSR count). The van der Waals surface area contributed by atoms with Crippen LogP contribution >= 0.6 is 11.6 Å². The maximum absolute atomic E-state index is 12.3. The second-order valence-corrected chi connectivity index (χ2v) is 7.41. The molecule has 0 aliphatic rings. The SMILES string of the molecule is CCOc1cc(CNCc2ccncc2)cc(Cl)c1OCC(=O)Nc1ccc(C)cc1. The summed E-state index contributed by atoms with van der Waals surface area (Å²) in [4.78, 5) is 16.3. The third-order valence-corrected chi connectivity index (χ3v) is 4.74. The highest BCUT2D eigenvalue weighted by Gasteiger charge is 2.14. The monoisotopic (exact) mass is 439 g/mol. The number of ether oxygens (including phenoxy) is 2. The Kier molecular flexibility index (Phi) is 8.27. The van der Waals surface area contributed by atoms with E-state index in [1.54, 1.807) is 12.4 Å². The summed E-state index contributed by atoms with van der Waals surface area (Å²) in [7, 11) is 0. The van der Waals surface area contributed by atoms with Gasteiger partial charge in [0.1, 0.15) is 0 Å². The number of aryl methyl sites for hydroxylation is 1. The molecule has 3 aromatic rings. The molecule has 0 atom stereocenters. The zero-order valence-electron chi connectivity index (χ0n) is 17.7. The fourth-order valence-corrected chi connectivity index (χ4v) is 3.24. The Balaban J connectivity index is 1.61. The van der Waals surface area contributed by atoms with E-state index in [-0.39, 0.29) is 12.5 Å². The van der Waals surface area contributed by atoms with Gasteiger partial charge < -0.3 is 20.1 Å². The summed E-state index contributed by atoms with van der Waals surface area (Å²) in [6.07, 6.45) is 3.53. The minimum atomic E-state index is -0.273. The lowest BCUT2D eigenvalue weighted by Crippen LogP contribution is -2.20. The molecule has 0 unspecified atom stereocenters. The number of amides is 1. The molecule has 1 heterocycles. The Morgan fingerprint density at radius 1 is 1.00 bits per heavy atom. The molecule has 0 fully saturated rings. The van der Waals surface area contributed by atoms with Gasteiger partial charge in [-0.15, -0.1) is 0 Å². The van der Waals surface area contributed by atoms with Crippen molar-refractivity contribution in [1.82, 2.24) is 10.3 Å². The number of pyridine rings is 1. The van der Waals surface area contributed by atoms with Crippen molar-refractivity contribution in [2.24, 2.45) is 0 Å². The van der Waals surface area contributed by atoms with Crippen LogP contribution in [-0.4, -0.2) is 24.1 Å². The molecular weight excluding hydrogens is 414 g/mol. The Morgan fingerprint density at radius 3 is 2.42 bits per heavy atom. The molecule has 0 spiro atoms. The average Bonchev–Trinajstić information content (AvgIpc) is 2.76. The first kappa shape index (κ1) is 22.6. The smallest absolute Gasteiger partial charge is 0.262 e. The molecule has 0 aliphatic heterocycles. The number of hydrogen-bond acceptors (Lipinski definition) is 5. The average molecular weight is 440 g/mol. The van der Waals surface area contributed by atoms with Gasteiger partial charge in [-0.3, -0.25) is 9.78 Å². The van der Waals surface area contributed by atoms with Crippen LogP contribution in [0.5, 0.6) is 11.5 Å². The van der Waals surface area contributed by atoms with Crippen molar-refractivity contribution in [3.8, 4) is 11.5 Å². The van der Waals surface area contributed by atoms with Gasteiger partial charge in [0.15, 0.2) is 18.1 Å². The molecule has 1 aromatic heterocycles. The van der Waals surface area contributed by atoms with Crippen molar-refractivity contribution < 1.29 is 14.3 Å². The second-order valence-electron chi connectivity index (χ2n) is 7.00. The van der Waals surface area contributed by atoms with Gasteiger partial charge in [-0.1, -0.05) is 29.3 Å². The van der Waals surface area contributed by atoms with Gasteiger partial charge in [0, 0.05) is 31.2 Å².